The first-order valence-electron chi connectivity index (χ1n) is 11.8. The molecule has 204 valence electrons. The number of nitrogens with zero attached hydrogens (tertiary/aromatic N) is 3. The lowest BCUT2D eigenvalue weighted by Crippen LogP contribution is -2.64. The summed E-state index contributed by atoms with van der Waals surface area (Å²) in [6.07, 6.45) is 4.14. The Morgan fingerprint density at radius 2 is 1.97 bits per heavy atom. The lowest BCUT2D eigenvalue weighted by molar-refractivity contribution is -0.161. The monoisotopic (exact) mass is 538 g/mol. The highest BCUT2D eigenvalue weighted by Gasteiger charge is 2.48. The van der Waals surface area contributed by atoms with E-state index in [1.54, 1.807) is 27.8 Å². The van der Waals surface area contributed by atoms with Crippen LogP contribution in [0.2, 0.25) is 0 Å². The average Bonchev–Trinajstić information content (AvgIpc) is 3.08. The first kappa shape index (κ1) is 28.9. The van der Waals surface area contributed by atoms with Gasteiger partial charge in [-0.05, 0) is 51.5 Å². The highest BCUT2D eigenvalue weighted by atomic mass is 19.1. The molecule has 0 spiro atoms. The number of rotatable bonds is 8. The molecule has 0 unspecified atom stereocenters. The Kier molecular flexibility index (Phi) is 8.42. The summed E-state index contributed by atoms with van der Waals surface area (Å²) >= 11 is 0. The number of ether oxygens (including phenoxy) is 3. The number of halogens is 1. The van der Waals surface area contributed by atoms with Gasteiger partial charge < -0.3 is 24.1 Å². The van der Waals surface area contributed by atoms with E-state index < -0.39 is 47.9 Å². The van der Waals surface area contributed by atoms with E-state index in [0.717, 1.165) is 11.0 Å². The number of anilines is 1. The quantitative estimate of drug-likeness (QED) is 0.136. The summed E-state index contributed by atoms with van der Waals surface area (Å²) in [5.74, 6) is -0.952. The van der Waals surface area contributed by atoms with Crippen molar-refractivity contribution in [3.63, 3.8) is 0 Å². The summed E-state index contributed by atoms with van der Waals surface area (Å²) in [4.78, 5) is 56.1. The highest BCUT2D eigenvalue weighted by molar-refractivity contribution is 6.43. The molecule has 12 heteroatoms. The number of hydrogen-bond acceptors (Lipinski definition) is 7. The fourth-order valence-electron chi connectivity index (χ4n) is 4.06. The van der Waals surface area contributed by atoms with E-state index in [1.165, 1.54) is 23.6 Å². The number of carbonyl (C=O) groups excluding carboxylic acids is 4. The van der Waals surface area contributed by atoms with Crippen LogP contribution in [0.5, 0.6) is 0 Å². The van der Waals surface area contributed by atoms with E-state index in [9.17, 15) is 23.6 Å². The van der Waals surface area contributed by atoms with Crippen LogP contribution in [0.15, 0.2) is 18.2 Å². The number of hydrogen-bond donors (Lipinski definition) is 1. The molecule has 1 aromatic heterocycles. The molecule has 2 heterocycles. The van der Waals surface area contributed by atoms with Gasteiger partial charge in [0.25, 0.3) is 17.6 Å². The van der Waals surface area contributed by atoms with Crippen molar-refractivity contribution in [3.8, 4) is 12.3 Å². The predicted molar refractivity (Wildman–Crippen MR) is 137 cm³/mol. The third-order valence-corrected chi connectivity index (χ3v) is 6.25. The van der Waals surface area contributed by atoms with E-state index in [0.29, 0.717) is 5.69 Å². The summed E-state index contributed by atoms with van der Waals surface area (Å²) < 4.78 is 30.3. The second-order valence-electron chi connectivity index (χ2n) is 9.15. The number of terminal acetylenes is 1. The molecular formula is C27H27FN4O7. The number of Topliss-reactive ketones (excluding diaryl/α,β-unsaturated/α-hetero) is 1. The van der Waals surface area contributed by atoms with Crippen molar-refractivity contribution in [1.29, 1.82) is 0 Å². The molecule has 1 fully saturated rings. The molecule has 11 nitrogen and oxygen atoms in total. The number of benzene rings is 1. The molecule has 1 aliphatic heterocycles. The van der Waals surface area contributed by atoms with E-state index >= 15 is 0 Å². The van der Waals surface area contributed by atoms with Crippen molar-refractivity contribution in [3.05, 3.63) is 57.9 Å². The molecule has 0 bridgehead atoms. The van der Waals surface area contributed by atoms with E-state index in [2.05, 4.69) is 16.1 Å². The Morgan fingerprint density at radius 1 is 1.31 bits per heavy atom. The SMILES string of the molecule is [C-]#[N+]c1cc(NC(=O)c2c(C)c(C(=O)C(=O)N(COC(=O)OC(C)C)C3(C#C)COC3)c(C)n2C)ccc1F. The maximum atomic E-state index is 13.7. The molecular weight excluding hydrogens is 511 g/mol. The lowest BCUT2D eigenvalue weighted by atomic mass is 9.94. The maximum Gasteiger partial charge on any atom is 0.510 e. The third-order valence-electron chi connectivity index (χ3n) is 6.25. The lowest BCUT2D eigenvalue weighted by Gasteiger charge is -2.44. The Hall–Kier alpha value is -4.68. The van der Waals surface area contributed by atoms with Crippen LogP contribution in [0, 0.1) is 38.6 Å². The van der Waals surface area contributed by atoms with E-state index in [4.69, 9.17) is 27.2 Å². The van der Waals surface area contributed by atoms with Crippen molar-refractivity contribution >= 4 is 35.1 Å². The fourth-order valence-corrected chi connectivity index (χ4v) is 4.06. The minimum Gasteiger partial charge on any atom is -0.432 e. The third kappa shape index (κ3) is 5.61. The van der Waals surface area contributed by atoms with Gasteiger partial charge in [-0.15, -0.1) is 6.42 Å². The topological polar surface area (TPSA) is 121 Å². The van der Waals surface area contributed by atoms with Crippen LogP contribution in [0.3, 0.4) is 0 Å². The van der Waals surface area contributed by atoms with Gasteiger partial charge in [0.15, 0.2) is 12.3 Å². The number of aromatic nitrogens is 1. The first-order chi connectivity index (χ1) is 18.4. The van der Waals surface area contributed by atoms with E-state index in [1.807, 2.05) is 0 Å². The largest absolute Gasteiger partial charge is 0.510 e. The molecule has 3 rings (SSSR count). The average molecular weight is 539 g/mol. The fraction of sp³-hybridized carbons (Fsp3) is 0.370. The summed E-state index contributed by atoms with van der Waals surface area (Å²) in [5, 5.41) is 2.58. The number of carbonyl (C=O) groups is 4. The zero-order chi connectivity index (χ0) is 29.1. The highest BCUT2D eigenvalue weighted by Crippen LogP contribution is 2.29. The van der Waals surface area contributed by atoms with Gasteiger partial charge in [-0.1, -0.05) is 5.92 Å². The molecule has 1 aliphatic rings. The minimum atomic E-state index is -1.31. The van der Waals surface area contributed by atoms with Gasteiger partial charge in [0.05, 0.1) is 31.5 Å². The summed E-state index contributed by atoms with van der Waals surface area (Å²) in [7, 11) is 1.54. The standard InChI is InChI=1S/C27H27FN4O7/c1-8-27(12-37-13-27)32(14-38-26(36)39-15(2)3)25(35)23(33)21-16(4)22(31(7)17(21)5)24(34)30-18-9-10-19(28)20(11-18)29-6/h1,9-11,15H,12-14H2,2-5,7H3,(H,30,34). The zero-order valence-electron chi connectivity index (χ0n) is 22.1. The molecule has 1 aromatic carbocycles. The number of amides is 2. The van der Waals surface area contributed by atoms with Gasteiger partial charge in [-0.3, -0.25) is 19.3 Å². The molecule has 2 amide bonds. The summed E-state index contributed by atoms with van der Waals surface area (Å²) in [5.41, 5.74) is -0.849. The van der Waals surface area contributed by atoms with Gasteiger partial charge in [0, 0.05) is 18.4 Å². The Morgan fingerprint density at radius 3 is 2.51 bits per heavy atom. The van der Waals surface area contributed by atoms with Gasteiger partial charge in [0.2, 0.25) is 5.69 Å². The van der Waals surface area contributed by atoms with E-state index in [-0.39, 0.29) is 41.4 Å². The predicted octanol–water partition coefficient (Wildman–Crippen LogP) is 3.52. The van der Waals surface area contributed by atoms with Gasteiger partial charge in [-0.25, -0.2) is 14.0 Å². The second-order valence-corrected chi connectivity index (χ2v) is 9.15. The van der Waals surface area contributed by atoms with Gasteiger partial charge >= 0.3 is 6.16 Å². The van der Waals surface area contributed by atoms with Crippen LogP contribution in [0.25, 0.3) is 4.85 Å². The second kappa shape index (κ2) is 11.4. The Bertz CT molecular complexity index is 1430. The first-order valence-corrected chi connectivity index (χ1v) is 11.8. The summed E-state index contributed by atoms with van der Waals surface area (Å²) in [6.45, 7) is 12.5. The Balaban J connectivity index is 1.92. The number of ketones is 1. The van der Waals surface area contributed by atoms with Crippen LogP contribution in [-0.4, -0.2) is 64.8 Å². The van der Waals surface area contributed by atoms with Crippen LogP contribution >= 0.6 is 0 Å². The molecule has 0 aliphatic carbocycles. The normalized spacial score (nSPS) is 13.5. The molecule has 0 radical (unpaired) electrons. The van der Waals surface area contributed by atoms with Crippen LogP contribution < -0.4 is 5.32 Å². The van der Waals surface area contributed by atoms with Crippen molar-refractivity contribution in [2.45, 2.75) is 39.3 Å². The molecule has 0 saturated carbocycles. The maximum absolute atomic E-state index is 13.7. The van der Waals surface area contributed by atoms with Crippen molar-refractivity contribution < 1.29 is 37.8 Å². The molecule has 2 aromatic rings. The van der Waals surface area contributed by atoms with Gasteiger partial charge in [0.1, 0.15) is 11.5 Å². The molecule has 1 N–H and O–H groups in total. The van der Waals surface area contributed by atoms with Crippen LogP contribution in [-0.2, 0) is 26.1 Å². The Labute approximate surface area is 224 Å². The van der Waals surface area contributed by atoms with Crippen molar-refractivity contribution in [2.75, 3.05) is 25.3 Å². The van der Waals surface area contributed by atoms with Crippen LogP contribution in [0.1, 0.15) is 46.0 Å². The molecule has 1 saturated heterocycles. The van der Waals surface area contributed by atoms with Crippen molar-refractivity contribution in [2.24, 2.45) is 7.05 Å². The zero-order valence-corrected chi connectivity index (χ0v) is 22.1. The molecule has 0 atom stereocenters. The molecule has 39 heavy (non-hydrogen) atoms. The summed E-state index contributed by atoms with van der Waals surface area (Å²) in [6, 6.07) is 3.53. The van der Waals surface area contributed by atoms with Crippen molar-refractivity contribution in [1.82, 2.24) is 9.47 Å². The number of nitrogens with one attached hydrogen (secondary N) is 1. The minimum absolute atomic E-state index is 0.0317. The van der Waals surface area contributed by atoms with Crippen LogP contribution in [0.4, 0.5) is 20.6 Å². The van der Waals surface area contributed by atoms with Gasteiger partial charge in [-0.2, -0.15) is 0 Å². The smallest absolute Gasteiger partial charge is 0.432 e.